The van der Waals surface area contributed by atoms with Gasteiger partial charge in [0.2, 0.25) is 0 Å². The van der Waals surface area contributed by atoms with Gasteiger partial charge in [-0.1, -0.05) is 30.3 Å². The molecular formula is C11H12S4. The third-order valence-electron chi connectivity index (χ3n) is 2.51. The van der Waals surface area contributed by atoms with Crippen molar-refractivity contribution in [1.29, 1.82) is 0 Å². The summed E-state index contributed by atoms with van der Waals surface area (Å²) in [5.41, 5.74) is 1.50. The van der Waals surface area contributed by atoms with Crippen LogP contribution < -0.4 is 0 Å². The average Bonchev–Trinajstić information content (AvgIpc) is 2.91. The molecule has 0 nitrogen and oxygen atoms in total. The molecule has 0 aromatic heterocycles. The third-order valence-corrected chi connectivity index (χ3v) is 10.4. The van der Waals surface area contributed by atoms with Gasteiger partial charge in [-0.15, -0.1) is 47.0 Å². The molecule has 2 aliphatic rings. The Kier molecular flexibility index (Phi) is 3.21. The van der Waals surface area contributed by atoms with Gasteiger partial charge in [-0.25, -0.2) is 0 Å². The molecule has 3 rings (SSSR count). The van der Waals surface area contributed by atoms with Gasteiger partial charge in [-0.2, -0.15) is 0 Å². The van der Waals surface area contributed by atoms with E-state index in [0.717, 1.165) is 0 Å². The zero-order chi connectivity index (χ0) is 10.1. The van der Waals surface area contributed by atoms with Gasteiger partial charge in [0.15, 0.2) is 2.74 Å². The largest absolute Gasteiger partial charge is 0.154 e. The molecule has 4 heteroatoms. The second kappa shape index (κ2) is 4.47. The predicted octanol–water partition coefficient (Wildman–Crippen LogP) is 4.30. The molecule has 1 spiro atoms. The highest BCUT2D eigenvalue weighted by Gasteiger charge is 2.44. The van der Waals surface area contributed by atoms with E-state index in [0.29, 0.717) is 7.99 Å². The van der Waals surface area contributed by atoms with E-state index in [4.69, 9.17) is 0 Å². The van der Waals surface area contributed by atoms with Gasteiger partial charge in [0, 0.05) is 22.5 Å². The molecular weight excluding hydrogens is 260 g/mol. The number of hydrogen-bond donors (Lipinski definition) is 0. The van der Waals surface area contributed by atoms with Crippen molar-refractivity contribution in [3.05, 3.63) is 35.9 Å². The fourth-order valence-corrected chi connectivity index (χ4v) is 9.59. The van der Waals surface area contributed by atoms with Crippen LogP contribution in [-0.2, 0) is 0 Å². The molecule has 2 fully saturated rings. The fourth-order valence-electron chi connectivity index (χ4n) is 1.78. The first-order valence-electron chi connectivity index (χ1n) is 5.03. The predicted molar refractivity (Wildman–Crippen MR) is 76.9 cm³/mol. The Bertz CT molecular complexity index is 332. The molecule has 1 aromatic carbocycles. The Morgan fingerprint density at radius 2 is 1.73 bits per heavy atom. The maximum Gasteiger partial charge on any atom is 0.154 e. The van der Waals surface area contributed by atoms with E-state index in [-0.39, 0.29) is 0 Å². The Hall–Kier alpha value is 0.620. The summed E-state index contributed by atoms with van der Waals surface area (Å²) < 4.78 is 0.431. The third kappa shape index (κ3) is 2.19. The van der Waals surface area contributed by atoms with E-state index >= 15 is 0 Å². The summed E-state index contributed by atoms with van der Waals surface area (Å²) >= 11 is 8.59. The van der Waals surface area contributed by atoms with Crippen molar-refractivity contribution in [2.45, 2.75) is 7.99 Å². The average molecular weight is 272 g/mol. The first-order chi connectivity index (χ1) is 7.38. The second-order valence-electron chi connectivity index (χ2n) is 3.53. The molecule has 15 heavy (non-hydrogen) atoms. The molecule has 2 aliphatic heterocycles. The maximum absolute atomic E-state index is 2.27. The van der Waals surface area contributed by atoms with Gasteiger partial charge in [0.25, 0.3) is 0 Å². The van der Waals surface area contributed by atoms with E-state index in [1.807, 2.05) is 0 Å². The van der Waals surface area contributed by atoms with Crippen molar-refractivity contribution in [3.8, 4) is 0 Å². The van der Waals surface area contributed by atoms with E-state index < -0.39 is 0 Å². The monoisotopic (exact) mass is 272 g/mol. The first kappa shape index (κ1) is 10.8. The normalized spacial score (nSPS) is 28.7. The van der Waals surface area contributed by atoms with E-state index in [1.54, 1.807) is 0 Å². The number of benzene rings is 1. The molecule has 2 heterocycles. The van der Waals surface area contributed by atoms with Gasteiger partial charge in [0.1, 0.15) is 0 Å². The van der Waals surface area contributed by atoms with Gasteiger partial charge in [-0.3, -0.25) is 0 Å². The second-order valence-corrected chi connectivity index (χ2v) is 10.3. The van der Waals surface area contributed by atoms with Crippen molar-refractivity contribution in [1.82, 2.24) is 0 Å². The van der Waals surface area contributed by atoms with Gasteiger partial charge >= 0.3 is 0 Å². The highest BCUT2D eigenvalue weighted by Crippen LogP contribution is 2.68. The number of thioether (sulfide) groups is 4. The molecule has 0 aliphatic carbocycles. The van der Waals surface area contributed by atoms with Crippen LogP contribution in [0.4, 0.5) is 0 Å². The Balaban J connectivity index is 1.76. The highest BCUT2D eigenvalue weighted by atomic mass is 32.3. The van der Waals surface area contributed by atoms with Crippen LogP contribution in [0.5, 0.6) is 0 Å². The minimum Gasteiger partial charge on any atom is -0.122 e. The van der Waals surface area contributed by atoms with Crippen LogP contribution in [-0.4, -0.2) is 20.0 Å². The molecule has 1 atom stereocenters. The Morgan fingerprint density at radius 1 is 1.00 bits per heavy atom. The molecule has 2 saturated heterocycles. The zero-order valence-electron chi connectivity index (χ0n) is 8.22. The van der Waals surface area contributed by atoms with Crippen LogP contribution in [0.25, 0.3) is 0 Å². The lowest BCUT2D eigenvalue weighted by atomic mass is 10.2. The van der Waals surface area contributed by atoms with Crippen LogP contribution in [0, 0.1) is 0 Å². The zero-order valence-corrected chi connectivity index (χ0v) is 11.5. The summed E-state index contributed by atoms with van der Waals surface area (Å²) in [5, 5.41) is 0.703. The maximum atomic E-state index is 2.27. The van der Waals surface area contributed by atoms with E-state index in [1.165, 1.54) is 22.8 Å². The van der Waals surface area contributed by atoms with Crippen LogP contribution in [0.2, 0.25) is 0 Å². The van der Waals surface area contributed by atoms with Crippen molar-refractivity contribution >= 4 is 47.0 Å². The molecule has 0 bridgehead atoms. The van der Waals surface area contributed by atoms with Crippen LogP contribution in [0.1, 0.15) is 10.8 Å². The summed E-state index contributed by atoms with van der Waals surface area (Å²) in [6, 6.07) is 10.9. The molecule has 0 saturated carbocycles. The first-order valence-corrected chi connectivity index (χ1v) is 8.86. The Labute approximate surface area is 108 Å². The van der Waals surface area contributed by atoms with Crippen molar-refractivity contribution < 1.29 is 0 Å². The molecule has 0 N–H and O–H groups in total. The summed E-state index contributed by atoms with van der Waals surface area (Å²) in [6.45, 7) is 0. The van der Waals surface area contributed by atoms with Crippen molar-refractivity contribution in [2.24, 2.45) is 0 Å². The topological polar surface area (TPSA) is 0 Å². The number of rotatable bonds is 1. The van der Waals surface area contributed by atoms with Crippen molar-refractivity contribution in [3.63, 3.8) is 0 Å². The smallest absolute Gasteiger partial charge is 0.122 e. The molecule has 0 amide bonds. The van der Waals surface area contributed by atoms with E-state index in [9.17, 15) is 0 Å². The molecule has 1 aromatic rings. The molecule has 1 unspecified atom stereocenters. The lowest BCUT2D eigenvalue weighted by Gasteiger charge is -2.18. The summed E-state index contributed by atoms with van der Waals surface area (Å²) in [5.74, 6) is 3.92. The van der Waals surface area contributed by atoms with Gasteiger partial charge in [0.05, 0.1) is 0 Å². The van der Waals surface area contributed by atoms with Crippen LogP contribution in [0.15, 0.2) is 30.3 Å². The lowest BCUT2D eigenvalue weighted by molar-refractivity contribution is 1.13. The standard InChI is InChI=1S/C11H12S4/c1-2-4-9(5-3-1)10-8-14-11(15-10)12-6-7-13-11/h1-5,10H,6-8H2. The van der Waals surface area contributed by atoms with Gasteiger partial charge in [-0.05, 0) is 5.56 Å². The minimum absolute atomic E-state index is 0.431. The van der Waals surface area contributed by atoms with Crippen molar-refractivity contribution in [2.75, 3.05) is 17.3 Å². The fraction of sp³-hybridized carbons (Fsp3) is 0.455. The minimum atomic E-state index is 0.431. The van der Waals surface area contributed by atoms with E-state index in [2.05, 4.69) is 77.4 Å². The quantitative estimate of drug-likeness (QED) is 0.747. The van der Waals surface area contributed by atoms with Crippen LogP contribution in [0.3, 0.4) is 0 Å². The SMILES string of the molecule is c1ccc(C2CSC3(SCCS3)S2)cc1. The van der Waals surface area contributed by atoms with Gasteiger partial charge < -0.3 is 0 Å². The highest BCUT2D eigenvalue weighted by molar-refractivity contribution is 8.50. The molecule has 80 valence electrons. The van der Waals surface area contributed by atoms with Crippen LogP contribution >= 0.6 is 47.0 Å². The summed E-state index contributed by atoms with van der Waals surface area (Å²) in [7, 11) is 0. The lowest BCUT2D eigenvalue weighted by Crippen LogP contribution is -1.99. The Morgan fingerprint density at radius 3 is 2.47 bits per heavy atom. The summed E-state index contributed by atoms with van der Waals surface area (Å²) in [4.78, 5) is 0. The summed E-state index contributed by atoms with van der Waals surface area (Å²) in [6.07, 6.45) is 0. The number of hydrogen-bond acceptors (Lipinski definition) is 4. The molecule has 0 radical (unpaired) electrons.